The number of hydrogen-bond donors (Lipinski definition) is 2. The number of hydrazine groups is 1. The Morgan fingerprint density at radius 3 is 2.55 bits per heavy atom. The molecule has 1 aliphatic rings. The van der Waals surface area contributed by atoms with Gasteiger partial charge in [-0.15, -0.1) is 0 Å². The number of nitrogens with zero attached hydrogens (tertiary/aromatic N) is 1. The zero-order valence-corrected chi connectivity index (χ0v) is 13.1. The van der Waals surface area contributed by atoms with Gasteiger partial charge in [0.15, 0.2) is 9.84 Å². The highest BCUT2D eigenvalue weighted by atomic mass is 79.9. The van der Waals surface area contributed by atoms with Gasteiger partial charge in [0.1, 0.15) is 5.75 Å². The lowest BCUT2D eigenvalue weighted by Gasteiger charge is -2.26. The Kier molecular flexibility index (Phi) is 4.66. The Morgan fingerprint density at radius 2 is 1.95 bits per heavy atom. The topological polar surface area (TPSA) is 86.7 Å². The molecule has 1 amide bonds. The van der Waals surface area contributed by atoms with Crippen molar-refractivity contribution in [3.8, 4) is 5.75 Å². The summed E-state index contributed by atoms with van der Waals surface area (Å²) in [5, 5.41) is 11.1. The van der Waals surface area contributed by atoms with Crippen LogP contribution in [0.1, 0.15) is 5.56 Å². The van der Waals surface area contributed by atoms with Crippen LogP contribution in [0.2, 0.25) is 0 Å². The molecule has 0 unspecified atom stereocenters. The first-order valence-electron chi connectivity index (χ1n) is 6.07. The Balaban J connectivity index is 1.90. The third kappa shape index (κ3) is 4.46. The smallest absolute Gasteiger partial charge is 0.238 e. The maximum atomic E-state index is 11.9. The fraction of sp³-hybridized carbons (Fsp3) is 0.417. The number of phenols is 1. The summed E-state index contributed by atoms with van der Waals surface area (Å²) in [6, 6.07) is 4.81. The Bertz CT molecular complexity index is 584. The number of hydrogen-bond acceptors (Lipinski definition) is 5. The van der Waals surface area contributed by atoms with Crippen molar-refractivity contribution in [3.63, 3.8) is 0 Å². The van der Waals surface area contributed by atoms with Crippen molar-refractivity contribution in [1.82, 2.24) is 10.4 Å². The van der Waals surface area contributed by atoms with Crippen LogP contribution < -0.4 is 5.43 Å². The van der Waals surface area contributed by atoms with E-state index in [-0.39, 0.29) is 29.6 Å². The lowest BCUT2D eigenvalue weighted by molar-refractivity contribution is -0.125. The normalized spacial score (nSPS) is 18.6. The molecule has 20 heavy (non-hydrogen) atoms. The molecule has 0 aromatic heterocycles. The molecule has 0 aliphatic carbocycles. The monoisotopic (exact) mass is 362 g/mol. The molecule has 1 aromatic carbocycles. The number of carbonyl (C=O) groups is 1. The van der Waals surface area contributed by atoms with Gasteiger partial charge in [-0.25, -0.2) is 13.4 Å². The van der Waals surface area contributed by atoms with E-state index in [0.717, 1.165) is 0 Å². The molecule has 1 fully saturated rings. The van der Waals surface area contributed by atoms with E-state index in [1.165, 1.54) is 12.1 Å². The van der Waals surface area contributed by atoms with Crippen LogP contribution >= 0.6 is 15.9 Å². The lowest BCUT2D eigenvalue weighted by Crippen LogP contribution is -2.50. The van der Waals surface area contributed by atoms with Gasteiger partial charge in [0, 0.05) is 17.6 Å². The number of rotatable bonds is 3. The summed E-state index contributed by atoms with van der Waals surface area (Å²) in [7, 11) is -2.95. The van der Waals surface area contributed by atoms with E-state index >= 15 is 0 Å². The molecule has 0 radical (unpaired) electrons. The molecule has 1 saturated heterocycles. The molecule has 0 saturated carbocycles. The van der Waals surface area contributed by atoms with Gasteiger partial charge in [-0.3, -0.25) is 10.2 Å². The molecule has 2 N–H and O–H groups in total. The molecule has 6 nitrogen and oxygen atoms in total. The number of carbonyl (C=O) groups excluding carboxylic acids is 1. The summed E-state index contributed by atoms with van der Waals surface area (Å²) in [6.45, 7) is 0.607. The maximum absolute atomic E-state index is 11.9. The first kappa shape index (κ1) is 15.3. The Morgan fingerprint density at radius 1 is 1.30 bits per heavy atom. The molecule has 0 bridgehead atoms. The van der Waals surface area contributed by atoms with E-state index in [2.05, 4.69) is 21.4 Å². The molecule has 110 valence electrons. The standard InChI is InChI=1S/C12H15BrN2O4S/c13-10-5-9(6-11(16)8-10)7-12(17)14-15-1-3-20(18,19)4-2-15/h5-6,8,16H,1-4,7H2,(H,14,17). The van der Waals surface area contributed by atoms with Gasteiger partial charge < -0.3 is 5.11 Å². The average Bonchev–Trinajstić information content (AvgIpc) is 2.30. The second kappa shape index (κ2) is 6.11. The third-order valence-corrected chi connectivity index (χ3v) is 5.00. The van der Waals surface area contributed by atoms with Crippen molar-refractivity contribution in [2.24, 2.45) is 0 Å². The molecule has 0 spiro atoms. The summed E-state index contributed by atoms with van der Waals surface area (Å²) >= 11 is 3.25. The quantitative estimate of drug-likeness (QED) is 0.815. The maximum Gasteiger partial charge on any atom is 0.238 e. The zero-order valence-electron chi connectivity index (χ0n) is 10.7. The summed E-state index contributed by atoms with van der Waals surface area (Å²) < 4.78 is 23.2. The number of sulfone groups is 1. The molecule has 1 heterocycles. The van der Waals surface area contributed by atoms with Crippen molar-refractivity contribution < 1.29 is 18.3 Å². The van der Waals surface area contributed by atoms with E-state index in [9.17, 15) is 18.3 Å². The van der Waals surface area contributed by atoms with Crippen molar-refractivity contribution in [2.75, 3.05) is 24.6 Å². The fourth-order valence-electron chi connectivity index (χ4n) is 1.96. The summed E-state index contributed by atoms with van der Waals surface area (Å²) in [5.41, 5.74) is 3.36. The predicted octanol–water partition coefficient (Wildman–Crippen LogP) is 0.459. The number of phenolic OH excluding ortho intramolecular Hbond substituents is 1. The number of nitrogens with one attached hydrogen (secondary N) is 1. The summed E-state index contributed by atoms with van der Waals surface area (Å²) in [6.07, 6.45) is 0.121. The first-order valence-corrected chi connectivity index (χ1v) is 8.69. The largest absolute Gasteiger partial charge is 0.508 e. The average molecular weight is 363 g/mol. The predicted molar refractivity (Wildman–Crippen MR) is 77.9 cm³/mol. The van der Waals surface area contributed by atoms with Crippen LogP contribution in [0.15, 0.2) is 22.7 Å². The Labute approximate surface area is 125 Å². The highest BCUT2D eigenvalue weighted by Crippen LogP contribution is 2.20. The molecule has 8 heteroatoms. The van der Waals surface area contributed by atoms with Crippen LogP contribution in [0, 0.1) is 0 Å². The zero-order chi connectivity index (χ0) is 14.8. The molecule has 1 aliphatic heterocycles. The molecular formula is C12H15BrN2O4S. The fourth-order valence-corrected chi connectivity index (χ4v) is 3.69. The van der Waals surface area contributed by atoms with Gasteiger partial charge in [0.2, 0.25) is 5.91 Å². The van der Waals surface area contributed by atoms with Crippen molar-refractivity contribution in [3.05, 3.63) is 28.2 Å². The number of benzene rings is 1. The van der Waals surface area contributed by atoms with Crippen molar-refractivity contribution in [2.45, 2.75) is 6.42 Å². The molecule has 1 aromatic rings. The van der Waals surface area contributed by atoms with Crippen LogP contribution in [0.4, 0.5) is 0 Å². The van der Waals surface area contributed by atoms with E-state index < -0.39 is 9.84 Å². The van der Waals surface area contributed by atoms with Crippen LogP contribution in [-0.2, 0) is 21.1 Å². The molecule has 2 rings (SSSR count). The van der Waals surface area contributed by atoms with Gasteiger partial charge in [0.25, 0.3) is 0 Å². The molecular weight excluding hydrogens is 348 g/mol. The highest BCUT2D eigenvalue weighted by Gasteiger charge is 2.22. The van der Waals surface area contributed by atoms with Gasteiger partial charge in [0.05, 0.1) is 17.9 Å². The van der Waals surface area contributed by atoms with Gasteiger partial charge >= 0.3 is 0 Å². The van der Waals surface area contributed by atoms with E-state index in [4.69, 9.17) is 0 Å². The van der Waals surface area contributed by atoms with Crippen molar-refractivity contribution in [1.29, 1.82) is 0 Å². The number of aromatic hydroxyl groups is 1. The lowest BCUT2D eigenvalue weighted by atomic mass is 10.1. The van der Waals surface area contributed by atoms with E-state index in [1.54, 1.807) is 11.1 Å². The van der Waals surface area contributed by atoms with Gasteiger partial charge in [-0.05, 0) is 23.8 Å². The number of halogens is 1. The van der Waals surface area contributed by atoms with Gasteiger partial charge in [-0.1, -0.05) is 15.9 Å². The van der Waals surface area contributed by atoms with Crippen LogP contribution in [-0.4, -0.2) is 49.0 Å². The Hall–Kier alpha value is -1.12. The van der Waals surface area contributed by atoms with Crippen molar-refractivity contribution >= 4 is 31.7 Å². The highest BCUT2D eigenvalue weighted by molar-refractivity contribution is 9.10. The first-order chi connectivity index (χ1) is 9.34. The summed E-state index contributed by atoms with van der Waals surface area (Å²) in [4.78, 5) is 11.9. The molecule has 0 atom stereocenters. The third-order valence-electron chi connectivity index (χ3n) is 2.93. The van der Waals surface area contributed by atoms with Crippen LogP contribution in [0.5, 0.6) is 5.75 Å². The minimum Gasteiger partial charge on any atom is -0.508 e. The second-order valence-electron chi connectivity index (χ2n) is 4.67. The minimum atomic E-state index is -2.95. The minimum absolute atomic E-state index is 0.0605. The SMILES string of the molecule is O=C(Cc1cc(O)cc(Br)c1)NN1CCS(=O)(=O)CC1. The van der Waals surface area contributed by atoms with E-state index in [1.807, 2.05) is 0 Å². The van der Waals surface area contributed by atoms with E-state index in [0.29, 0.717) is 23.1 Å². The van der Waals surface area contributed by atoms with Crippen LogP contribution in [0.25, 0.3) is 0 Å². The van der Waals surface area contributed by atoms with Gasteiger partial charge in [-0.2, -0.15) is 0 Å². The second-order valence-corrected chi connectivity index (χ2v) is 7.89. The summed E-state index contributed by atoms with van der Waals surface area (Å²) in [5.74, 6) is -0.0244. The number of amides is 1. The van der Waals surface area contributed by atoms with Crippen LogP contribution in [0.3, 0.4) is 0 Å².